The Morgan fingerprint density at radius 2 is 2.04 bits per heavy atom. The van der Waals surface area contributed by atoms with Gasteiger partial charge in [0.1, 0.15) is 5.60 Å². The molecule has 1 heterocycles. The SMILES string of the molecule is CCCOc1ccc(NC(=O)[C@@](C)(CC(C)C)OCC)c(C)n1. The molecule has 1 aromatic rings. The van der Waals surface area contributed by atoms with Gasteiger partial charge in [-0.15, -0.1) is 0 Å². The van der Waals surface area contributed by atoms with Crippen LogP contribution >= 0.6 is 0 Å². The number of nitrogens with one attached hydrogen (secondary N) is 1. The van der Waals surface area contributed by atoms with Gasteiger partial charge in [0.2, 0.25) is 5.88 Å². The molecule has 0 saturated heterocycles. The van der Waals surface area contributed by atoms with Gasteiger partial charge in [0.25, 0.3) is 5.91 Å². The van der Waals surface area contributed by atoms with Crippen LogP contribution in [0.1, 0.15) is 53.2 Å². The average Bonchev–Trinajstić information content (AvgIpc) is 2.46. The van der Waals surface area contributed by atoms with Gasteiger partial charge in [-0.3, -0.25) is 4.79 Å². The molecule has 0 spiro atoms. The maximum Gasteiger partial charge on any atom is 0.256 e. The van der Waals surface area contributed by atoms with Gasteiger partial charge in [0.05, 0.1) is 18.0 Å². The highest BCUT2D eigenvalue weighted by Crippen LogP contribution is 2.25. The van der Waals surface area contributed by atoms with E-state index in [1.807, 2.05) is 33.8 Å². The largest absolute Gasteiger partial charge is 0.478 e. The smallest absolute Gasteiger partial charge is 0.256 e. The first-order valence-corrected chi connectivity index (χ1v) is 8.38. The standard InChI is InChI=1S/C18H30N2O3/c1-7-11-22-16-10-9-15(14(5)19-16)20-17(21)18(6,23-8-2)12-13(3)4/h9-10,13H,7-8,11-12H2,1-6H3,(H,20,21)/t18-/m1/s1. The quantitative estimate of drug-likeness (QED) is 0.747. The lowest BCUT2D eigenvalue weighted by molar-refractivity contribution is -0.140. The van der Waals surface area contributed by atoms with Crippen LogP contribution in [0, 0.1) is 12.8 Å². The molecule has 0 aliphatic rings. The van der Waals surface area contributed by atoms with E-state index in [9.17, 15) is 4.79 Å². The third kappa shape index (κ3) is 5.82. The fourth-order valence-electron chi connectivity index (χ4n) is 2.53. The minimum Gasteiger partial charge on any atom is -0.478 e. The molecule has 5 heteroatoms. The fourth-order valence-corrected chi connectivity index (χ4v) is 2.53. The highest BCUT2D eigenvalue weighted by atomic mass is 16.5. The number of amides is 1. The summed E-state index contributed by atoms with van der Waals surface area (Å²) in [5, 5.41) is 2.94. The van der Waals surface area contributed by atoms with Crippen molar-refractivity contribution in [3.63, 3.8) is 0 Å². The molecule has 1 rings (SSSR count). The number of anilines is 1. The Morgan fingerprint density at radius 3 is 2.57 bits per heavy atom. The summed E-state index contributed by atoms with van der Waals surface area (Å²) in [5.74, 6) is 0.804. The van der Waals surface area contributed by atoms with Crippen LogP contribution in [0.3, 0.4) is 0 Å². The van der Waals surface area contributed by atoms with E-state index in [-0.39, 0.29) is 5.91 Å². The lowest BCUT2D eigenvalue weighted by Gasteiger charge is -2.30. The van der Waals surface area contributed by atoms with Gasteiger partial charge in [-0.1, -0.05) is 20.8 Å². The minimum absolute atomic E-state index is 0.139. The van der Waals surface area contributed by atoms with E-state index in [0.29, 0.717) is 37.1 Å². The summed E-state index contributed by atoms with van der Waals surface area (Å²) in [5.41, 5.74) is 0.580. The van der Waals surface area contributed by atoms with Crippen LogP contribution in [-0.2, 0) is 9.53 Å². The Labute approximate surface area is 139 Å². The van der Waals surface area contributed by atoms with Gasteiger partial charge in [-0.2, -0.15) is 0 Å². The molecule has 1 N–H and O–H groups in total. The summed E-state index contributed by atoms with van der Waals surface area (Å²) in [7, 11) is 0. The zero-order valence-corrected chi connectivity index (χ0v) is 15.2. The highest BCUT2D eigenvalue weighted by Gasteiger charge is 2.35. The van der Waals surface area contributed by atoms with Crippen molar-refractivity contribution in [2.45, 2.75) is 60.0 Å². The molecule has 0 aliphatic carbocycles. The van der Waals surface area contributed by atoms with Crippen LogP contribution in [0.2, 0.25) is 0 Å². The summed E-state index contributed by atoms with van der Waals surface area (Å²) >= 11 is 0. The van der Waals surface area contributed by atoms with Gasteiger partial charge in [0.15, 0.2) is 0 Å². The maximum absolute atomic E-state index is 12.7. The molecule has 1 atom stereocenters. The van der Waals surface area contributed by atoms with Crippen LogP contribution in [0.15, 0.2) is 12.1 Å². The van der Waals surface area contributed by atoms with Gasteiger partial charge < -0.3 is 14.8 Å². The van der Waals surface area contributed by atoms with Crippen LogP contribution in [-0.4, -0.2) is 29.7 Å². The minimum atomic E-state index is -0.841. The summed E-state index contributed by atoms with van der Waals surface area (Å²) < 4.78 is 11.2. The summed E-state index contributed by atoms with van der Waals surface area (Å²) in [6, 6.07) is 3.60. The number of hydrogen-bond acceptors (Lipinski definition) is 4. The van der Waals surface area contributed by atoms with Crippen molar-refractivity contribution in [1.29, 1.82) is 0 Å². The number of carbonyl (C=O) groups excluding carboxylic acids is 1. The van der Waals surface area contributed by atoms with E-state index in [1.54, 1.807) is 6.07 Å². The molecule has 23 heavy (non-hydrogen) atoms. The lowest BCUT2D eigenvalue weighted by Crippen LogP contribution is -2.44. The number of rotatable bonds is 9. The normalized spacial score (nSPS) is 13.7. The molecule has 0 radical (unpaired) electrons. The third-order valence-electron chi connectivity index (χ3n) is 3.50. The van der Waals surface area contributed by atoms with E-state index >= 15 is 0 Å². The number of pyridine rings is 1. The van der Waals surface area contributed by atoms with Crippen molar-refractivity contribution in [1.82, 2.24) is 4.98 Å². The summed E-state index contributed by atoms with van der Waals surface area (Å²) in [4.78, 5) is 17.0. The van der Waals surface area contributed by atoms with E-state index in [2.05, 4.69) is 24.1 Å². The van der Waals surface area contributed by atoms with Gasteiger partial charge in [0, 0.05) is 12.7 Å². The van der Waals surface area contributed by atoms with Crippen molar-refractivity contribution in [2.24, 2.45) is 5.92 Å². The van der Waals surface area contributed by atoms with E-state index < -0.39 is 5.60 Å². The number of aromatic nitrogens is 1. The second-order valence-corrected chi connectivity index (χ2v) is 6.35. The Bertz CT molecular complexity index is 517. The number of nitrogens with zero attached hydrogens (tertiary/aromatic N) is 1. The summed E-state index contributed by atoms with van der Waals surface area (Å²) in [6.45, 7) is 12.9. The van der Waals surface area contributed by atoms with Gasteiger partial charge in [-0.25, -0.2) is 4.98 Å². The molecule has 5 nitrogen and oxygen atoms in total. The lowest BCUT2D eigenvalue weighted by atomic mass is 9.93. The van der Waals surface area contributed by atoms with Crippen molar-refractivity contribution < 1.29 is 14.3 Å². The Morgan fingerprint density at radius 1 is 1.35 bits per heavy atom. The zero-order valence-electron chi connectivity index (χ0n) is 15.2. The van der Waals surface area contributed by atoms with Crippen molar-refractivity contribution in [3.05, 3.63) is 17.8 Å². The molecular weight excluding hydrogens is 292 g/mol. The number of hydrogen-bond donors (Lipinski definition) is 1. The molecular formula is C18H30N2O3. The third-order valence-corrected chi connectivity index (χ3v) is 3.50. The molecule has 0 unspecified atom stereocenters. The van der Waals surface area contributed by atoms with Crippen LogP contribution in [0.4, 0.5) is 5.69 Å². The summed E-state index contributed by atoms with van der Waals surface area (Å²) in [6.07, 6.45) is 1.60. The molecule has 0 bridgehead atoms. The molecule has 130 valence electrons. The van der Waals surface area contributed by atoms with E-state index in [1.165, 1.54) is 0 Å². The van der Waals surface area contributed by atoms with Crippen LogP contribution < -0.4 is 10.1 Å². The van der Waals surface area contributed by atoms with Crippen molar-refractivity contribution in [2.75, 3.05) is 18.5 Å². The second kappa shape index (κ2) is 8.87. The Balaban J connectivity index is 2.85. The number of aryl methyl sites for hydroxylation is 1. The molecule has 0 saturated carbocycles. The van der Waals surface area contributed by atoms with Crippen molar-refractivity contribution >= 4 is 11.6 Å². The monoisotopic (exact) mass is 322 g/mol. The molecule has 0 fully saturated rings. The Hall–Kier alpha value is -1.62. The van der Waals surface area contributed by atoms with E-state index in [0.717, 1.165) is 12.1 Å². The van der Waals surface area contributed by atoms with Crippen LogP contribution in [0.5, 0.6) is 5.88 Å². The predicted molar refractivity (Wildman–Crippen MR) is 92.9 cm³/mol. The number of ether oxygens (including phenoxy) is 2. The first-order valence-electron chi connectivity index (χ1n) is 8.38. The van der Waals surface area contributed by atoms with Crippen molar-refractivity contribution in [3.8, 4) is 5.88 Å². The van der Waals surface area contributed by atoms with Crippen LogP contribution in [0.25, 0.3) is 0 Å². The fraction of sp³-hybridized carbons (Fsp3) is 0.667. The molecule has 0 aromatic carbocycles. The number of carbonyl (C=O) groups is 1. The average molecular weight is 322 g/mol. The first kappa shape index (κ1) is 19.4. The van der Waals surface area contributed by atoms with Gasteiger partial charge in [-0.05, 0) is 45.6 Å². The maximum atomic E-state index is 12.7. The second-order valence-electron chi connectivity index (χ2n) is 6.35. The van der Waals surface area contributed by atoms with E-state index in [4.69, 9.17) is 9.47 Å². The molecule has 1 amide bonds. The van der Waals surface area contributed by atoms with Gasteiger partial charge >= 0.3 is 0 Å². The molecule has 0 aliphatic heterocycles. The highest BCUT2D eigenvalue weighted by molar-refractivity contribution is 5.97. The zero-order chi connectivity index (χ0) is 17.5. The molecule has 1 aromatic heterocycles. The first-order chi connectivity index (χ1) is 10.8. The topological polar surface area (TPSA) is 60.5 Å². The Kier molecular flexibility index (Phi) is 7.49. The predicted octanol–water partition coefficient (Wildman–Crippen LogP) is 3.96.